The van der Waals surface area contributed by atoms with Crippen molar-refractivity contribution in [2.24, 2.45) is 0 Å². The van der Waals surface area contributed by atoms with Gasteiger partial charge in [-0.1, -0.05) is 12.1 Å². The highest BCUT2D eigenvalue weighted by atomic mass is 16.7. The Labute approximate surface area is 240 Å². The van der Waals surface area contributed by atoms with Gasteiger partial charge in [0.05, 0.1) is 18.8 Å². The second-order valence-electron chi connectivity index (χ2n) is 10.3. The maximum atomic E-state index is 13.0. The summed E-state index contributed by atoms with van der Waals surface area (Å²) in [5, 5.41) is 90.3. The van der Waals surface area contributed by atoms with E-state index >= 15 is 0 Å². The molecule has 2 fully saturated rings. The van der Waals surface area contributed by atoms with E-state index in [-0.39, 0.29) is 34.8 Å². The van der Waals surface area contributed by atoms with Crippen molar-refractivity contribution in [3.63, 3.8) is 0 Å². The minimum absolute atomic E-state index is 0.0205. The molecule has 0 amide bonds. The lowest BCUT2D eigenvalue weighted by Crippen LogP contribution is -2.60. The molecule has 0 spiro atoms. The molecule has 0 unspecified atom stereocenters. The van der Waals surface area contributed by atoms with Gasteiger partial charge in [-0.05, 0) is 49.6 Å². The first-order valence-corrected chi connectivity index (χ1v) is 13.4. The van der Waals surface area contributed by atoms with Crippen molar-refractivity contribution >= 4 is 5.78 Å². The summed E-state index contributed by atoms with van der Waals surface area (Å²) in [6.45, 7) is -0.117. The van der Waals surface area contributed by atoms with Crippen LogP contribution in [0.3, 0.4) is 0 Å². The number of hydrogen-bond donors (Lipinski definition) is 9. The van der Waals surface area contributed by atoms with E-state index in [1.165, 1.54) is 31.2 Å². The molecule has 0 aromatic heterocycles. The summed E-state index contributed by atoms with van der Waals surface area (Å²) in [5.41, 5.74) is 1.02. The van der Waals surface area contributed by atoms with Crippen molar-refractivity contribution in [2.75, 3.05) is 13.2 Å². The monoisotopic (exact) mass is 596 g/mol. The topological polar surface area (TPSA) is 236 Å². The number of ketones is 1. The third kappa shape index (κ3) is 6.68. The Hall–Kier alpha value is -2.89. The zero-order valence-electron chi connectivity index (χ0n) is 22.6. The number of Topliss-reactive ketones (excluding diaryl/α,β-unsaturated/α-hetero) is 1. The van der Waals surface area contributed by atoms with E-state index in [4.69, 9.17) is 18.9 Å². The predicted octanol–water partition coefficient (Wildman–Crippen LogP) is -2.26. The first-order valence-electron chi connectivity index (χ1n) is 13.4. The average molecular weight is 597 g/mol. The largest absolute Gasteiger partial charge is 0.508 e. The number of aliphatic hydroxyl groups excluding tert-OH is 8. The van der Waals surface area contributed by atoms with Crippen LogP contribution in [-0.2, 0) is 22.3 Å². The second-order valence-corrected chi connectivity index (χ2v) is 10.3. The van der Waals surface area contributed by atoms with E-state index < -0.39 is 80.4 Å². The van der Waals surface area contributed by atoms with Gasteiger partial charge in [0.25, 0.3) is 0 Å². The Morgan fingerprint density at radius 2 is 1.17 bits per heavy atom. The van der Waals surface area contributed by atoms with Gasteiger partial charge < -0.3 is 64.9 Å². The molecule has 0 saturated carbocycles. The fourth-order valence-electron chi connectivity index (χ4n) is 4.96. The Morgan fingerprint density at radius 1 is 0.690 bits per heavy atom. The van der Waals surface area contributed by atoms with Gasteiger partial charge in [0, 0.05) is 5.56 Å². The fourth-order valence-corrected chi connectivity index (χ4v) is 4.96. The van der Waals surface area contributed by atoms with E-state index in [2.05, 4.69) is 0 Å². The first-order chi connectivity index (χ1) is 20.0. The molecule has 0 aliphatic carbocycles. The summed E-state index contributed by atoms with van der Waals surface area (Å²) in [6.07, 6.45) is -15.3. The van der Waals surface area contributed by atoms with Gasteiger partial charge in [-0.2, -0.15) is 0 Å². The van der Waals surface area contributed by atoms with Gasteiger partial charge in [0.15, 0.2) is 5.78 Å². The van der Waals surface area contributed by atoms with Crippen molar-refractivity contribution in [1.82, 2.24) is 0 Å². The molecule has 14 nitrogen and oxygen atoms in total. The van der Waals surface area contributed by atoms with E-state index in [1.54, 1.807) is 12.1 Å². The van der Waals surface area contributed by atoms with Crippen LogP contribution in [0.15, 0.2) is 36.4 Å². The highest BCUT2D eigenvalue weighted by Crippen LogP contribution is 2.36. The molecule has 2 aliphatic rings. The molecule has 2 aliphatic heterocycles. The van der Waals surface area contributed by atoms with Crippen LogP contribution in [0.4, 0.5) is 0 Å². The van der Waals surface area contributed by atoms with Crippen LogP contribution in [0.25, 0.3) is 0 Å². The molecule has 9 N–H and O–H groups in total. The molecule has 2 aromatic rings. The number of carbonyl (C=O) groups excluding carboxylic acids is 1. The number of aromatic hydroxyl groups is 1. The van der Waals surface area contributed by atoms with Crippen LogP contribution >= 0.6 is 0 Å². The summed E-state index contributed by atoms with van der Waals surface area (Å²) in [5.74, 6) is -0.502. The number of benzene rings is 2. The third-order valence-electron chi connectivity index (χ3n) is 7.37. The number of aliphatic hydroxyl groups is 8. The lowest BCUT2D eigenvalue weighted by atomic mass is 9.95. The highest BCUT2D eigenvalue weighted by molar-refractivity contribution is 5.99. The molecule has 2 heterocycles. The zero-order chi connectivity index (χ0) is 30.7. The van der Waals surface area contributed by atoms with Gasteiger partial charge >= 0.3 is 0 Å². The Bertz CT molecular complexity index is 1200. The summed E-state index contributed by atoms with van der Waals surface area (Å²) in [7, 11) is 0. The van der Waals surface area contributed by atoms with Gasteiger partial charge in [0.2, 0.25) is 12.6 Å². The van der Waals surface area contributed by atoms with Crippen molar-refractivity contribution < 1.29 is 69.7 Å². The highest BCUT2D eigenvalue weighted by Gasteiger charge is 2.46. The number of aryl methyl sites for hydroxylation is 1. The summed E-state index contributed by atoms with van der Waals surface area (Å²) >= 11 is 0. The van der Waals surface area contributed by atoms with Crippen LogP contribution in [-0.4, -0.2) is 126 Å². The van der Waals surface area contributed by atoms with Crippen molar-refractivity contribution in [3.05, 3.63) is 53.1 Å². The van der Waals surface area contributed by atoms with E-state index in [9.17, 15) is 50.8 Å². The summed E-state index contributed by atoms with van der Waals surface area (Å²) < 4.78 is 22.6. The van der Waals surface area contributed by atoms with E-state index in [0.29, 0.717) is 6.42 Å². The Morgan fingerprint density at radius 3 is 1.64 bits per heavy atom. The van der Waals surface area contributed by atoms with Crippen LogP contribution < -0.4 is 9.47 Å². The molecule has 0 radical (unpaired) electrons. The van der Waals surface area contributed by atoms with Crippen LogP contribution in [0, 0.1) is 0 Å². The normalized spacial score (nSPS) is 33.3. The van der Waals surface area contributed by atoms with E-state index in [1.807, 2.05) is 0 Å². The quantitative estimate of drug-likeness (QED) is 0.132. The van der Waals surface area contributed by atoms with E-state index in [0.717, 1.165) is 5.56 Å². The van der Waals surface area contributed by atoms with Crippen molar-refractivity contribution in [2.45, 2.75) is 81.2 Å². The first kappa shape index (κ1) is 32.0. The minimum atomic E-state index is -1.74. The van der Waals surface area contributed by atoms with Crippen LogP contribution in [0.2, 0.25) is 0 Å². The van der Waals surface area contributed by atoms with Crippen molar-refractivity contribution in [1.29, 1.82) is 0 Å². The molecule has 2 saturated heterocycles. The van der Waals surface area contributed by atoms with Gasteiger partial charge in [-0.15, -0.1) is 0 Å². The SMILES string of the molecule is CC(=O)c1c(O[C@@H]2O[C@H](CO)[C@H](O)[C@H](O)[C@H]2O)ccc(O[C@@H]2O[C@H](CO)[C@@H](O)[C@@H](O)[C@H]2O)c1CCc1ccc(O)cc1. The molecule has 10 atom stereocenters. The molecule has 4 rings (SSSR count). The smallest absolute Gasteiger partial charge is 0.229 e. The molecule has 0 bridgehead atoms. The summed E-state index contributed by atoms with van der Waals surface area (Å²) in [4.78, 5) is 13.0. The second kappa shape index (κ2) is 13.6. The fraction of sp³-hybridized carbons (Fsp3) is 0.536. The number of phenolic OH excluding ortho intramolecular Hbond substituents is 1. The molecule has 42 heavy (non-hydrogen) atoms. The molecule has 14 heteroatoms. The molecular formula is C28H36O14. The molecular weight excluding hydrogens is 560 g/mol. The maximum Gasteiger partial charge on any atom is 0.229 e. The number of rotatable bonds is 10. The Balaban J connectivity index is 1.71. The van der Waals surface area contributed by atoms with Crippen molar-refractivity contribution in [3.8, 4) is 17.2 Å². The van der Waals surface area contributed by atoms with Gasteiger partial charge in [-0.3, -0.25) is 4.79 Å². The number of hydrogen-bond acceptors (Lipinski definition) is 14. The summed E-state index contributed by atoms with van der Waals surface area (Å²) in [6, 6.07) is 9.02. The van der Waals surface area contributed by atoms with Gasteiger partial charge in [-0.25, -0.2) is 0 Å². The standard InChI is InChI=1S/C28H36O14/c1-12(31)20-15(7-4-13-2-5-14(32)6-3-13)16(39-27-25(37)23(35)21(33)18(10-29)41-27)8-9-17(20)40-28-26(38)24(36)22(34)19(11-30)42-28/h2-3,5-6,8-9,18-19,21-30,32-38H,4,7,10-11H2,1H3/t18-,19-,21-,22+,23-,24+,25-,26-,27-,28-/m1/s1. The average Bonchev–Trinajstić information content (AvgIpc) is 2.97. The zero-order valence-corrected chi connectivity index (χ0v) is 22.6. The Kier molecular flexibility index (Phi) is 10.4. The van der Waals surface area contributed by atoms with Gasteiger partial charge in [0.1, 0.15) is 66.1 Å². The third-order valence-corrected chi connectivity index (χ3v) is 7.37. The molecule has 2 aromatic carbocycles. The minimum Gasteiger partial charge on any atom is -0.508 e. The molecule has 232 valence electrons. The number of carbonyl (C=O) groups is 1. The lowest BCUT2D eigenvalue weighted by Gasteiger charge is -2.40. The lowest BCUT2D eigenvalue weighted by molar-refractivity contribution is -0.278. The number of ether oxygens (including phenoxy) is 4. The number of phenols is 1. The van der Waals surface area contributed by atoms with Crippen LogP contribution in [0.1, 0.15) is 28.4 Å². The maximum absolute atomic E-state index is 13.0. The predicted molar refractivity (Wildman–Crippen MR) is 141 cm³/mol. The van der Waals surface area contributed by atoms with Crippen LogP contribution in [0.5, 0.6) is 17.2 Å².